The maximum absolute atomic E-state index is 12.0. The lowest BCUT2D eigenvalue weighted by molar-refractivity contribution is 0.0949. The summed E-state index contributed by atoms with van der Waals surface area (Å²) in [4.78, 5) is 12.0. The minimum Gasteiger partial charge on any atom is -0.507 e. The number of halogens is 1. The van der Waals surface area contributed by atoms with Gasteiger partial charge in [0, 0.05) is 21.3 Å². The van der Waals surface area contributed by atoms with Gasteiger partial charge in [-0.05, 0) is 37.5 Å². The first-order valence-corrected chi connectivity index (χ1v) is 7.32. The number of aryl methyl sites for hydroxylation is 1. The summed E-state index contributed by atoms with van der Waals surface area (Å²) < 4.78 is 0.818. The molecule has 0 bridgehead atoms. The van der Waals surface area contributed by atoms with Crippen molar-refractivity contribution in [3.8, 4) is 5.75 Å². The van der Waals surface area contributed by atoms with Crippen molar-refractivity contribution < 1.29 is 9.90 Å². The Kier molecular flexibility index (Phi) is 3.74. The number of amides is 1. The molecule has 108 valence electrons. The third-order valence-corrected chi connectivity index (χ3v) is 3.87. The summed E-state index contributed by atoms with van der Waals surface area (Å²) in [5.41, 5.74) is 5.36. The Hall–Kier alpha value is -2.15. The molecule has 1 aromatic carbocycles. The van der Waals surface area contributed by atoms with Crippen LogP contribution in [0.1, 0.15) is 33.7 Å². The van der Waals surface area contributed by atoms with Gasteiger partial charge in [0.1, 0.15) is 5.75 Å². The van der Waals surface area contributed by atoms with E-state index in [9.17, 15) is 9.90 Å². The van der Waals surface area contributed by atoms with Crippen LogP contribution in [0.5, 0.6) is 5.75 Å². The summed E-state index contributed by atoms with van der Waals surface area (Å²) >= 11 is 3.31. The molecule has 3 rings (SSSR count). The molecule has 0 atom stereocenters. The summed E-state index contributed by atoms with van der Waals surface area (Å²) in [5.74, 6) is -0.253. The summed E-state index contributed by atoms with van der Waals surface area (Å²) in [6, 6.07) is 4.98. The average Bonchev–Trinajstić information content (AvgIpc) is 3.05. The summed E-state index contributed by atoms with van der Waals surface area (Å²) in [6.45, 7) is 0. The standard InChI is InChI=1S/C14H13BrN4O2/c15-9-4-5-12(20)8(6-9)7-16-19-14(21)13-10-2-1-3-11(10)17-18-13/h4-7,20H,1-3H2,(H,17,18)(H,19,21). The molecule has 2 aromatic rings. The van der Waals surface area contributed by atoms with E-state index in [1.165, 1.54) is 6.21 Å². The van der Waals surface area contributed by atoms with Gasteiger partial charge in [0.05, 0.1) is 6.21 Å². The van der Waals surface area contributed by atoms with Crippen molar-refractivity contribution in [3.63, 3.8) is 0 Å². The molecule has 1 aliphatic carbocycles. The molecular formula is C14H13BrN4O2. The zero-order valence-electron chi connectivity index (χ0n) is 11.1. The van der Waals surface area contributed by atoms with Gasteiger partial charge in [-0.3, -0.25) is 9.89 Å². The number of phenols is 1. The third-order valence-electron chi connectivity index (χ3n) is 3.38. The van der Waals surface area contributed by atoms with Gasteiger partial charge in [0.2, 0.25) is 0 Å². The molecule has 0 unspecified atom stereocenters. The first-order chi connectivity index (χ1) is 10.1. The van der Waals surface area contributed by atoms with Gasteiger partial charge < -0.3 is 5.11 Å². The van der Waals surface area contributed by atoms with Gasteiger partial charge in [-0.1, -0.05) is 15.9 Å². The molecule has 1 aliphatic rings. The molecular weight excluding hydrogens is 336 g/mol. The first kappa shape index (κ1) is 13.8. The van der Waals surface area contributed by atoms with E-state index in [1.807, 2.05) is 0 Å². The number of carbonyl (C=O) groups is 1. The second kappa shape index (κ2) is 5.69. The van der Waals surface area contributed by atoms with Crippen LogP contribution in [-0.4, -0.2) is 27.4 Å². The molecule has 0 aliphatic heterocycles. The number of carbonyl (C=O) groups excluding carboxylic acids is 1. The molecule has 0 saturated heterocycles. The number of rotatable bonds is 3. The highest BCUT2D eigenvalue weighted by atomic mass is 79.9. The number of hydrazone groups is 1. The van der Waals surface area contributed by atoms with Crippen LogP contribution in [0.3, 0.4) is 0 Å². The number of aromatic hydroxyl groups is 1. The van der Waals surface area contributed by atoms with Crippen LogP contribution in [0.4, 0.5) is 0 Å². The number of fused-ring (bicyclic) bond motifs is 1. The highest BCUT2D eigenvalue weighted by Crippen LogP contribution is 2.22. The highest BCUT2D eigenvalue weighted by Gasteiger charge is 2.22. The largest absolute Gasteiger partial charge is 0.507 e. The summed E-state index contributed by atoms with van der Waals surface area (Å²) in [6.07, 6.45) is 4.24. The number of aromatic nitrogens is 2. The predicted octanol–water partition coefficient (Wildman–Crippen LogP) is 2.13. The SMILES string of the molecule is O=C(NN=Cc1cc(Br)ccc1O)c1n[nH]c2c1CCC2. The van der Waals surface area contributed by atoms with Gasteiger partial charge in [0.15, 0.2) is 5.69 Å². The average molecular weight is 349 g/mol. The van der Waals surface area contributed by atoms with Gasteiger partial charge in [-0.2, -0.15) is 10.2 Å². The Labute approximate surface area is 129 Å². The minimum absolute atomic E-state index is 0.0943. The normalized spacial score (nSPS) is 13.6. The number of nitrogens with zero attached hydrogens (tertiary/aromatic N) is 2. The maximum atomic E-state index is 12.0. The van der Waals surface area contributed by atoms with E-state index in [2.05, 4.69) is 36.7 Å². The van der Waals surface area contributed by atoms with E-state index in [1.54, 1.807) is 18.2 Å². The number of hydrogen-bond acceptors (Lipinski definition) is 4. The number of nitrogens with one attached hydrogen (secondary N) is 2. The van der Waals surface area contributed by atoms with Gasteiger partial charge >= 0.3 is 0 Å². The van der Waals surface area contributed by atoms with E-state index in [0.29, 0.717) is 11.3 Å². The topological polar surface area (TPSA) is 90.4 Å². The lowest BCUT2D eigenvalue weighted by atomic mass is 10.2. The fourth-order valence-electron chi connectivity index (χ4n) is 2.35. The van der Waals surface area contributed by atoms with Crippen LogP contribution in [0, 0.1) is 0 Å². The van der Waals surface area contributed by atoms with E-state index in [0.717, 1.165) is 35.0 Å². The molecule has 7 heteroatoms. The Morgan fingerprint density at radius 2 is 2.33 bits per heavy atom. The summed E-state index contributed by atoms with van der Waals surface area (Å²) in [7, 11) is 0. The monoisotopic (exact) mass is 348 g/mol. The smallest absolute Gasteiger partial charge is 0.292 e. The lowest BCUT2D eigenvalue weighted by Crippen LogP contribution is -2.19. The number of phenolic OH excluding ortho intramolecular Hbond substituents is 1. The van der Waals surface area contributed by atoms with Crippen LogP contribution in [0.2, 0.25) is 0 Å². The van der Waals surface area contributed by atoms with Crippen molar-refractivity contribution in [2.45, 2.75) is 19.3 Å². The maximum Gasteiger partial charge on any atom is 0.292 e. The molecule has 1 amide bonds. The van der Waals surface area contributed by atoms with Crippen LogP contribution in [-0.2, 0) is 12.8 Å². The van der Waals surface area contributed by atoms with Crippen LogP contribution in [0.25, 0.3) is 0 Å². The van der Waals surface area contributed by atoms with Crippen molar-refractivity contribution in [2.24, 2.45) is 5.10 Å². The quantitative estimate of drug-likeness (QED) is 0.586. The van der Waals surface area contributed by atoms with E-state index in [4.69, 9.17) is 0 Å². The zero-order chi connectivity index (χ0) is 14.8. The molecule has 21 heavy (non-hydrogen) atoms. The van der Waals surface area contributed by atoms with Crippen molar-refractivity contribution in [2.75, 3.05) is 0 Å². The molecule has 0 saturated carbocycles. The molecule has 3 N–H and O–H groups in total. The van der Waals surface area contributed by atoms with Crippen LogP contribution in [0.15, 0.2) is 27.8 Å². The molecule has 0 radical (unpaired) electrons. The predicted molar refractivity (Wildman–Crippen MR) is 81.5 cm³/mol. The van der Waals surface area contributed by atoms with Gasteiger partial charge in [0.25, 0.3) is 5.91 Å². The van der Waals surface area contributed by atoms with Gasteiger partial charge in [-0.15, -0.1) is 0 Å². The van der Waals surface area contributed by atoms with Crippen molar-refractivity contribution in [1.82, 2.24) is 15.6 Å². The fraction of sp³-hybridized carbons (Fsp3) is 0.214. The fourth-order valence-corrected chi connectivity index (χ4v) is 2.73. The van der Waals surface area contributed by atoms with Gasteiger partial charge in [-0.25, -0.2) is 5.43 Å². The Morgan fingerprint density at radius 3 is 3.19 bits per heavy atom. The number of H-pyrrole nitrogens is 1. The molecule has 0 fully saturated rings. The van der Waals surface area contributed by atoms with Crippen molar-refractivity contribution in [3.05, 3.63) is 45.2 Å². The second-order valence-corrected chi connectivity index (χ2v) is 5.70. The van der Waals surface area contributed by atoms with Crippen LogP contribution < -0.4 is 5.43 Å². The number of benzene rings is 1. The Bertz CT molecular complexity index is 724. The molecule has 1 heterocycles. The molecule has 6 nitrogen and oxygen atoms in total. The second-order valence-electron chi connectivity index (χ2n) is 4.79. The molecule has 0 spiro atoms. The van der Waals surface area contributed by atoms with Crippen molar-refractivity contribution >= 4 is 28.1 Å². The number of hydrogen-bond donors (Lipinski definition) is 3. The summed E-state index contributed by atoms with van der Waals surface area (Å²) in [5, 5.41) is 20.4. The lowest BCUT2D eigenvalue weighted by Gasteiger charge is -2.00. The zero-order valence-corrected chi connectivity index (χ0v) is 12.6. The first-order valence-electron chi connectivity index (χ1n) is 6.53. The minimum atomic E-state index is -0.347. The van der Waals surface area contributed by atoms with Crippen molar-refractivity contribution in [1.29, 1.82) is 0 Å². The van der Waals surface area contributed by atoms with Crippen LogP contribution >= 0.6 is 15.9 Å². The van der Waals surface area contributed by atoms with E-state index >= 15 is 0 Å². The molecule has 1 aromatic heterocycles. The van der Waals surface area contributed by atoms with E-state index < -0.39 is 0 Å². The third kappa shape index (κ3) is 2.82. The Balaban J connectivity index is 1.71. The Morgan fingerprint density at radius 1 is 1.48 bits per heavy atom. The number of aromatic amines is 1. The highest BCUT2D eigenvalue weighted by molar-refractivity contribution is 9.10. The van der Waals surface area contributed by atoms with E-state index in [-0.39, 0.29) is 11.7 Å².